The zero-order valence-electron chi connectivity index (χ0n) is 13.4. The van der Waals surface area contributed by atoms with Gasteiger partial charge in [-0.1, -0.05) is 12.1 Å². The van der Waals surface area contributed by atoms with Gasteiger partial charge in [0.1, 0.15) is 5.75 Å². The van der Waals surface area contributed by atoms with Crippen molar-refractivity contribution >= 4 is 28.3 Å². The monoisotopic (exact) mass is 353 g/mol. The molecule has 0 spiro atoms. The van der Waals surface area contributed by atoms with Gasteiger partial charge in [-0.2, -0.15) is 0 Å². The number of methoxy groups -OCH3 is 1. The number of nitrogens with one attached hydrogen (secondary N) is 1. The minimum absolute atomic E-state index is 0.255. The number of amides is 2. The Labute approximate surface area is 148 Å². The van der Waals surface area contributed by atoms with E-state index < -0.39 is 5.91 Å². The van der Waals surface area contributed by atoms with E-state index in [1.807, 2.05) is 11.4 Å². The first-order chi connectivity index (χ1) is 12.1. The molecular formula is C18H15N3O3S. The third kappa shape index (κ3) is 3.84. The van der Waals surface area contributed by atoms with Crippen LogP contribution in [0.3, 0.4) is 0 Å². The molecule has 3 aromatic rings. The fourth-order valence-electron chi connectivity index (χ4n) is 2.21. The standard InChI is InChI=1S/C18H15N3O3S/c1-24-14-7-5-11(6-8-14)17(23)21-18-20-15(10-25-18)12-3-2-4-13(9-12)16(19)22/h2-10H,1H3,(H2,19,22)(H,20,21,23). The first-order valence-electron chi connectivity index (χ1n) is 7.38. The highest BCUT2D eigenvalue weighted by atomic mass is 32.1. The summed E-state index contributed by atoms with van der Waals surface area (Å²) in [7, 11) is 1.57. The second-order valence-electron chi connectivity index (χ2n) is 5.17. The van der Waals surface area contributed by atoms with Crippen molar-refractivity contribution in [3.8, 4) is 17.0 Å². The second kappa shape index (κ2) is 7.14. The van der Waals surface area contributed by atoms with Crippen LogP contribution in [0.2, 0.25) is 0 Å². The maximum atomic E-state index is 12.3. The van der Waals surface area contributed by atoms with Crippen molar-refractivity contribution in [3.63, 3.8) is 0 Å². The third-order valence-electron chi connectivity index (χ3n) is 3.52. The summed E-state index contributed by atoms with van der Waals surface area (Å²) >= 11 is 1.31. The van der Waals surface area contributed by atoms with Crippen molar-refractivity contribution in [1.82, 2.24) is 4.98 Å². The Morgan fingerprint density at radius 1 is 1.12 bits per heavy atom. The van der Waals surface area contributed by atoms with Gasteiger partial charge in [-0.15, -0.1) is 11.3 Å². The molecule has 0 atom stereocenters. The van der Waals surface area contributed by atoms with Gasteiger partial charge in [0.15, 0.2) is 5.13 Å². The van der Waals surface area contributed by atoms with Crippen LogP contribution in [0.25, 0.3) is 11.3 Å². The number of benzene rings is 2. The van der Waals surface area contributed by atoms with E-state index in [-0.39, 0.29) is 5.91 Å². The lowest BCUT2D eigenvalue weighted by Gasteiger charge is -2.03. The highest BCUT2D eigenvalue weighted by Crippen LogP contribution is 2.26. The Morgan fingerprint density at radius 3 is 2.56 bits per heavy atom. The number of carbonyl (C=O) groups is 2. The molecule has 0 aliphatic carbocycles. The van der Waals surface area contributed by atoms with Gasteiger partial charge in [-0.3, -0.25) is 14.9 Å². The molecule has 2 aromatic carbocycles. The van der Waals surface area contributed by atoms with Crippen molar-refractivity contribution in [2.24, 2.45) is 5.73 Å². The third-order valence-corrected chi connectivity index (χ3v) is 4.28. The topological polar surface area (TPSA) is 94.3 Å². The molecule has 0 aliphatic rings. The number of anilines is 1. The molecule has 0 saturated heterocycles. The van der Waals surface area contributed by atoms with Crippen molar-refractivity contribution in [1.29, 1.82) is 0 Å². The average molecular weight is 353 g/mol. The molecule has 0 radical (unpaired) electrons. The Hall–Kier alpha value is -3.19. The van der Waals surface area contributed by atoms with E-state index in [1.165, 1.54) is 11.3 Å². The Morgan fingerprint density at radius 2 is 1.88 bits per heavy atom. The molecular weight excluding hydrogens is 338 g/mol. The van der Waals surface area contributed by atoms with E-state index in [2.05, 4.69) is 10.3 Å². The summed E-state index contributed by atoms with van der Waals surface area (Å²) in [5, 5.41) is 5.04. The summed E-state index contributed by atoms with van der Waals surface area (Å²) in [6.45, 7) is 0. The van der Waals surface area contributed by atoms with Crippen LogP contribution in [0.15, 0.2) is 53.9 Å². The average Bonchev–Trinajstić information content (AvgIpc) is 3.10. The van der Waals surface area contributed by atoms with E-state index in [9.17, 15) is 9.59 Å². The quantitative estimate of drug-likeness (QED) is 0.736. The zero-order chi connectivity index (χ0) is 17.8. The fraction of sp³-hybridized carbons (Fsp3) is 0.0556. The van der Waals surface area contributed by atoms with Gasteiger partial charge in [0, 0.05) is 22.1 Å². The smallest absolute Gasteiger partial charge is 0.257 e. The maximum absolute atomic E-state index is 12.3. The molecule has 0 unspecified atom stereocenters. The molecule has 3 rings (SSSR count). The van der Waals surface area contributed by atoms with E-state index in [0.717, 1.165) is 5.56 Å². The van der Waals surface area contributed by atoms with Crippen molar-refractivity contribution < 1.29 is 14.3 Å². The van der Waals surface area contributed by atoms with E-state index in [1.54, 1.807) is 49.6 Å². The molecule has 3 N–H and O–H groups in total. The van der Waals surface area contributed by atoms with Gasteiger partial charge in [-0.05, 0) is 36.4 Å². The van der Waals surface area contributed by atoms with Crippen LogP contribution in [0, 0.1) is 0 Å². The van der Waals surface area contributed by atoms with Gasteiger partial charge in [0.2, 0.25) is 5.91 Å². The predicted molar refractivity (Wildman–Crippen MR) is 97.0 cm³/mol. The lowest BCUT2D eigenvalue weighted by atomic mass is 10.1. The minimum Gasteiger partial charge on any atom is -0.497 e. The number of hydrogen-bond donors (Lipinski definition) is 2. The molecule has 6 nitrogen and oxygen atoms in total. The number of nitrogens with two attached hydrogens (primary N) is 1. The maximum Gasteiger partial charge on any atom is 0.257 e. The number of nitrogens with zero attached hydrogens (tertiary/aromatic N) is 1. The van der Waals surface area contributed by atoms with Crippen LogP contribution < -0.4 is 15.8 Å². The minimum atomic E-state index is -0.495. The van der Waals surface area contributed by atoms with Crippen molar-refractivity contribution in [2.75, 3.05) is 12.4 Å². The molecule has 0 bridgehead atoms. The molecule has 1 heterocycles. The number of carbonyl (C=O) groups excluding carboxylic acids is 2. The predicted octanol–water partition coefficient (Wildman–Crippen LogP) is 3.17. The summed E-state index contributed by atoms with van der Waals surface area (Å²) in [5.74, 6) is -0.0676. The number of aromatic nitrogens is 1. The Kier molecular flexibility index (Phi) is 4.76. The van der Waals surface area contributed by atoms with Gasteiger partial charge >= 0.3 is 0 Å². The largest absolute Gasteiger partial charge is 0.497 e. The van der Waals surface area contributed by atoms with Crippen LogP contribution in [0.1, 0.15) is 20.7 Å². The van der Waals surface area contributed by atoms with Crippen molar-refractivity contribution in [2.45, 2.75) is 0 Å². The second-order valence-corrected chi connectivity index (χ2v) is 6.02. The molecule has 0 aliphatic heterocycles. The summed E-state index contributed by atoms with van der Waals surface area (Å²) in [5.41, 5.74) is 7.64. The highest BCUT2D eigenvalue weighted by molar-refractivity contribution is 7.14. The number of primary amides is 1. The molecule has 1 aromatic heterocycles. The van der Waals surface area contributed by atoms with Gasteiger partial charge in [0.25, 0.3) is 5.91 Å². The van der Waals surface area contributed by atoms with Gasteiger partial charge < -0.3 is 10.5 Å². The fourth-order valence-corrected chi connectivity index (χ4v) is 2.92. The van der Waals surface area contributed by atoms with E-state index in [4.69, 9.17) is 10.5 Å². The van der Waals surface area contributed by atoms with E-state index in [0.29, 0.717) is 27.7 Å². The van der Waals surface area contributed by atoms with Gasteiger partial charge in [0.05, 0.1) is 12.8 Å². The Bertz CT molecular complexity index is 919. The first-order valence-corrected chi connectivity index (χ1v) is 8.26. The number of hydrogen-bond acceptors (Lipinski definition) is 5. The van der Waals surface area contributed by atoms with Crippen LogP contribution in [0.5, 0.6) is 5.75 Å². The normalized spacial score (nSPS) is 10.3. The van der Waals surface area contributed by atoms with Crippen LogP contribution in [0.4, 0.5) is 5.13 Å². The van der Waals surface area contributed by atoms with Crippen LogP contribution >= 0.6 is 11.3 Å². The van der Waals surface area contributed by atoms with Crippen LogP contribution in [-0.2, 0) is 0 Å². The lowest BCUT2D eigenvalue weighted by Crippen LogP contribution is -2.11. The molecule has 0 fully saturated rings. The number of thiazole rings is 1. The van der Waals surface area contributed by atoms with E-state index >= 15 is 0 Å². The molecule has 0 saturated carbocycles. The lowest BCUT2D eigenvalue weighted by molar-refractivity contribution is 0.0997. The molecule has 2 amide bonds. The summed E-state index contributed by atoms with van der Waals surface area (Å²) in [6, 6.07) is 13.7. The Balaban J connectivity index is 1.76. The number of ether oxygens (including phenoxy) is 1. The van der Waals surface area contributed by atoms with Crippen molar-refractivity contribution in [3.05, 3.63) is 65.0 Å². The summed E-state index contributed by atoms with van der Waals surface area (Å²) in [6.07, 6.45) is 0. The molecule has 7 heteroatoms. The highest BCUT2D eigenvalue weighted by Gasteiger charge is 2.11. The summed E-state index contributed by atoms with van der Waals surface area (Å²) < 4.78 is 5.07. The first kappa shape index (κ1) is 16.7. The SMILES string of the molecule is COc1ccc(C(=O)Nc2nc(-c3cccc(C(N)=O)c3)cs2)cc1. The zero-order valence-corrected chi connectivity index (χ0v) is 14.2. The number of rotatable bonds is 5. The van der Waals surface area contributed by atoms with Gasteiger partial charge in [-0.25, -0.2) is 4.98 Å². The molecule has 25 heavy (non-hydrogen) atoms. The van der Waals surface area contributed by atoms with Crippen LogP contribution in [-0.4, -0.2) is 23.9 Å². The molecule has 126 valence electrons. The summed E-state index contributed by atoms with van der Waals surface area (Å²) in [4.78, 5) is 27.9.